The van der Waals surface area contributed by atoms with E-state index in [1.165, 1.54) is 27.5 Å². The zero-order valence-corrected chi connectivity index (χ0v) is 15.7. The molecule has 0 N–H and O–H groups in total. The van der Waals surface area contributed by atoms with E-state index >= 15 is 0 Å². The van der Waals surface area contributed by atoms with Crippen molar-refractivity contribution in [3.63, 3.8) is 0 Å². The molecule has 0 fully saturated rings. The van der Waals surface area contributed by atoms with Crippen LogP contribution < -0.4 is 5.56 Å². The van der Waals surface area contributed by atoms with Gasteiger partial charge < -0.3 is 4.57 Å². The summed E-state index contributed by atoms with van der Waals surface area (Å²) in [6, 6.07) is 15.7. The molecule has 0 spiro atoms. The molecule has 0 aliphatic carbocycles. The van der Waals surface area contributed by atoms with Crippen LogP contribution in [-0.2, 0) is 12.8 Å². The maximum atomic E-state index is 12.3. The van der Waals surface area contributed by atoms with Crippen molar-refractivity contribution < 1.29 is 0 Å². The first-order valence-corrected chi connectivity index (χ1v) is 9.86. The molecule has 26 heavy (non-hydrogen) atoms. The molecular weight excluding hydrogens is 364 g/mol. The third kappa shape index (κ3) is 3.63. The zero-order chi connectivity index (χ0) is 17.9. The smallest absolute Gasteiger partial charge is 0.275 e. The second-order valence-corrected chi connectivity index (χ2v) is 7.91. The lowest BCUT2D eigenvalue weighted by molar-refractivity contribution is 0.855. The number of rotatable bonds is 5. The number of hydrogen-bond acceptors (Lipinski definition) is 5. The van der Waals surface area contributed by atoms with Gasteiger partial charge in [-0.05, 0) is 29.8 Å². The Hall–Kier alpha value is -2.64. The first kappa shape index (κ1) is 16.8. The van der Waals surface area contributed by atoms with Crippen LogP contribution in [0.1, 0.15) is 17.0 Å². The number of hydrogen-bond donors (Lipinski definition) is 0. The summed E-state index contributed by atoms with van der Waals surface area (Å²) in [7, 11) is 1.98. The lowest BCUT2D eigenvalue weighted by Crippen LogP contribution is -2.14. The topological polar surface area (TPSA) is 52.2 Å². The normalized spacial score (nSPS) is 11.6. The minimum Gasteiger partial charge on any atom is -0.351 e. The fraction of sp³-hybridized carbons (Fsp3) is 0.105. The van der Waals surface area contributed by atoms with E-state index in [0.717, 1.165) is 15.8 Å². The van der Waals surface area contributed by atoms with Crippen LogP contribution >= 0.6 is 23.1 Å². The van der Waals surface area contributed by atoms with Gasteiger partial charge in [0.25, 0.3) is 5.56 Å². The molecule has 5 nitrogen and oxygen atoms in total. The van der Waals surface area contributed by atoms with E-state index in [1.54, 1.807) is 11.8 Å². The molecule has 4 rings (SSSR count). The first-order valence-electron chi connectivity index (χ1n) is 8.06. The molecule has 3 aromatic heterocycles. The summed E-state index contributed by atoms with van der Waals surface area (Å²) in [5.41, 5.74) is 2.75. The van der Waals surface area contributed by atoms with E-state index in [4.69, 9.17) is 0 Å². The molecule has 0 amide bonds. The largest absolute Gasteiger partial charge is 0.351 e. The molecule has 130 valence electrons. The molecule has 1 aromatic carbocycles. The molecule has 0 bridgehead atoms. The number of aryl methyl sites for hydroxylation is 1. The quantitative estimate of drug-likeness (QED) is 0.492. The maximum absolute atomic E-state index is 12.3. The van der Waals surface area contributed by atoms with Crippen molar-refractivity contribution in [2.75, 3.05) is 0 Å². The van der Waals surface area contributed by atoms with E-state index < -0.39 is 0 Å². The van der Waals surface area contributed by atoms with Crippen LogP contribution in [0, 0.1) is 0 Å². The predicted octanol–water partition coefficient (Wildman–Crippen LogP) is 3.95. The van der Waals surface area contributed by atoms with Crippen LogP contribution in [0.3, 0.4) is 0 Å². The Morgan fingerprint density at radius 1 is 1.15 bits per heavy atom. The summed E-state index contributed by atoms with van der Waals surface area (Å²) in [6.45, 7) is 0. The average Bonchev–Trinajstić information content (AvgIpc) is 3.25. The van der Waals surface area contributed by atoms with Gasteiger partial charge in [0.05, 0.1) is 5.69 Å². The highest BCUT2D eigenvalue weighted by molar-refractivity contribution is 8.00. The summed E-state index contributed by atoms with van der Waals surface area (Å²) >= 11 is 3.05. The third-order valence-corrected chi connectivity index (χ3v) is 5.97. The lowest BCUT2D eigenvalue weighted by atomic mass is 10.2. The Bertz CT molecular complexity index is 1130. The van der Waals surface area contributed by atoms with Gasteiger partial charge in [-0.1, -0.05) is 53.4 Å². The zero-order valence-electron chi connectivity index (χ0n) is 14.1. The van der Waals surface area contributed by atoms with Gasteiger partial charge in [0.15, 0.2) is 4.34 Å². The van der Waals surface area contributed by atoms with Crippen molar-refractivity contribution in [1.82, 2.24) is 19.2 Å². The number of fused-ring (bicyclic) bond motifs is 1. The Kier molecular flexibility index (Phi) is 4.73. The van der Waals surface area contributed by atoms with E-state index in [1.807, 2.05) is 60.3 Å². The van der Waals surface area contributed by atoms with Gasteiger partial charge >= 0.3 is 0 Å². The van der Waals surface area contributed by atoms with E-state index in [0.29, 0.717) is 10.7 Å². The second kappa shape index (κ2) is 7.31. The van der Waals surface area contributed by atoms with Crippen molar-refractivity contribution in [2.24, 2.45) is 7.05 Å². The Morgan fingerprint density at radius 3 is 2.77 bits per heavy atom. The molecule has 7 heteroatoms. The van der Waals surface area contributed by atoms with Crippen LogP contribution in [0.15, 0.2) is 63.9 Å². The Morgan fingerprint density at radius 2 is 2.00 bits per heavy atom. The van der Waals surface area contributed by atoms with Crippen molar-refractivity contribution in [3.8, 4) is 0 Å². The highest BCUT2D eigenvalue weighted by Gasteiger charge is 2.09. The summed E-state index contributed by atoms with van der Waals surface area (Å²) in [6.07, 6.45) is 5.78. The van der Waals surface area contributed by atoms with E-state index in [-0.39, 0.29) is 5.56 Å². The molecule has 0 atom stereocenters. The van der Waals surface area contributed by atoms with Crippen LogP contribution in [0.2, 0.25) is 0 Å². The highest BCUT2D eigenvalue weighted by Crippen LogP contribution is 2.26. The average molecular weight is 380 g/mol. The molecule has 0 aliphatic heterocycles. The summed E-state index contributed by atoms with van der Waals surface area (Å²) in [4.78, 5) is 17.5. The lowest BCUT2D eigenvalue weighted by Gasteiger charge is -1.96. The molecule has 0 unspecified atom stereocenters. The molecule has 4 aromatic rings. The number of benzene rings is 1. The second-order valence-electron chi connectivity index (χ2n) is 5.73. The van der Waals surface area contributed by atoms with Crippen molar-refractivity contribution in [2.45, 2.75) is 10.1 Å². The monoisotopic (exact) mass is 380 g/mol. The molecule has 0 aliphatic rings. The van der Waals surface area contributed by atoms with Crippen molar-refractivity contribution in [3.05, 3.63) is 82.0 Å². The van der Waals surface area contributed by atoms with Crippen LogP contribution in [0.5, 0.6) is 0 Å². The minimum absolute atomic E-state index is 0.163. The Labute approximate surface area is 158 Å². The van der Waals surface area contributed by atoms with Gasteiger partial charge in [-0.15, -0.1) is 5.10 Å². The predicted molar refractivity (Wildman–Crippen MR) is 107 cm³/mol. The third-order valence-electron chi connectivity index (χ3n) is 3.86. The molecule has 3 heterocycles. The van der Waals surface area contributed by atoms with Gasteiger partial charge in [0, 0.05) is 30.8 Å². The molecular formula is C19H16N4OS2. The van der Waals surface area contributed by atoms with E-state index in [2.05, 4.69) is 22.2 Å². The van der Waals surface area contributed by atoms with Crippen LogP contribution in [-0.4, -0.2) is 19.2 Å². The van der Waals surface area contributed by atoms with Crippen molar-refractivity contribution >= 4 is 40.2 Å². The fourth-order valence-corrected chi connectivity index (χ4v) is 4.40. The Balaban J connectivity index is 1.58. The summed E-state index contributed by atoms with van der Waals surface area (Å²) in [5.74, 6) is 0.815. The summed E-state index contributed by atoms with van der Waals surface area (Å²) in [5, 5.41) is 4.39. The van der Waals surface area contributed by atoms with Gasteiger partial charge in [-0.3, -0.25) is 4.79 Å². The maximum Gasteiger partial charge on any atom is 0.275 e. The van der Waals surface area contributed by atoms with Crippen molar-refractivity contribution in [1.29, 1.82) is 0 Å². The molecule has 0 saturated heterocycles. The molecule has 0 radical (unpaired) electrons. The van der Waals surface area contributed by atoms with Crippen LogP contribution in [0.25, 0.3) is 17.1 Å². The summed E-state index contributed by atoms with van der Waals surface area (Å²) < 4.78 is 4.21. The fourth-order valence-electron chi connectivity index (χ4n) is 2.49. The standard InChI is InChI=1S/C19H16N4OS2/c1-22-11-5-8-16(22)10-9-15-12-17(24)23-18(20-15)26-19(21-23)25-13-14-6-3-2-4-7-14/h2-12H,13H2,1H3/b10-9+. The first-order chi connectivity index (χ1) is 12.7. The van der Waals surface area contributed by atoms with Gasteiger partial charge in [-0.2, -0.15) is 4.52 Å². The number of thioether (sulfide) groups is 1. The van der Waals surface area contributed by atoms with Gasteiger partial charge in [-0.25, -0.2) is 4.98 Å². The number of aromatic nitrogens is 4. The van der Waals surface area contributed by atoms with Gasteiger partial charge in [0.2, 0.25) is 4.96 Å². The van der Waals surface area contributed by atoms with Crippen LogP contribution in [0.4, 0.5) is 0 Å². The van der Waals surface area contributed by atoms with E-state index in [9.17, 15) is 4.79 Å². The SMILES string of the molecule is Cn1cccc1/C=C/c1cc(=O)n2nc(SCc3ccccc3)sc2n1. The number of nitrogens with zero attached hydrogens (tertiary/aromatic N) is 4. The van der Waals surface area contributed by atoms with Gasteiger partial charge in [0.1, 0.15) is 0 Å². The highest BCUT2D eigenvalue weighted by atomic mass is 32.2. The minimum atomic E-state index is -0.163. The molecule has 0 saturated carbocycles.